The van der Waals surface area contributed by atoms with Crippen LogP contribution in [0, 0.1) is 6.92 Å². The fourth-order valence-corrected chi connectivity index (χ4v) is 4.57. The molecule has 1 amide bonds. The van der Waals surface area contributed by atoms with E-state index in [1.807, 2.05) is 0 Å². The minimum Gasteiger partial charge on any atom is -0.462 e. The third kappa shape index (κ3) is 5.68. The first-order chi connectivity index (χ1) is 18.0. The fourth-order valence-electron chi connectivity index (χ4n) is 4.57. The first kappa shape index (κ1) is 28.4. The number of benzene rings is 1. The Morgan fingerprint density at radius 1 is 0.947 bits per heavy atom. The third-order valence-electron chi connectivity index (χ3n) is 6.54. The maximum absolute atomic E-state index is 12.1. The molecule has 2 aromatic rings. The summed E-state index contributed by atoms with van der Waals surface area (Å²) in [5.41, 5.74) is 0.352. The molecule has 38 heavy (non-hydrogen) atoms. The lowest BCUT2D eigenvalue weighted by Gasteiger charge is -2.47. The van der Waals surface area contributed by atoms with Gasteiger partial charge >= 0.3 is 5.63 Å². The summed E-state index contributed by atoms with van der Waals surface area (Å²) in [4.78, 5) is 23.9. The van der Waals surface area contributed by atoms with Crippen LogP contribution in [-0.2, 0) is 19.0 Å². The van der Waals surface area contributed by atoms with Gasteiger partial charge in [-0.1, -0.05) is 0 Å². The van der Waals surface area contributed by atoms with E-state index >= 15 is 0 Å². The number of carbonyl (C=O) groups excluding carboxylic acids is 1. The SMILES string of the molecule is CC(=O)N[C@H]1[C@H](Oc2ccc3c(C)cc(=O)oc3c2)O[C@H](CO)[C@@H](O)[C@@H]1O[C@@H]1O[C@H](CO)[C@H](O)[C@H](O)[C@H]1O. The number of ether oxygens (including phenoxy) is 4. The smallest absolute Gasteiger partial charge is 0.336 e. The molecule has 10 atom stereocenters. The highest BCUT2D eigenvalue weighted by atomic mass is 16.7. The summed E-state index contributed by atoms with van der Waals surface area (Å²) in [6, 6.07) is 4.74. The molecule has 0 saturated carbocycles. The molecule has 14 heteroatoms. The number of aliphatic hydroxyl groups excluding tert-OH is 6. The van der Waals surface area contributed by atoms with Gasteiger partial charge in [-0.05, 0) is 24.6 Å². The molecule has 210 valence electrons. The number of aryl methyl sites for hydroxylation is 1. The second kappa shape index (κ2) is 11.6. The van der Waals surface area contributed by atoms with E-state index in [-0.39, 0.29) is 11.3 Å². The molecule has 14 nitrogen and oxygen atoms in total. The number of hydrogen-bond donors (Lipinski definition) is 7. The van der Waals surface area contributed by atoms with Crippen LogP contribution in [0.15, 0.2) is 33.5 Å². The van der Waals surface area contributed by atoms with Crippen LogP contribution in [0.3, 0.4) is 0 Å². The average Bonchev–Trinajstić information content (AvgIpc) is 2.87. The van der Waals surface area contributed by atoms with Gasteiger partial charge in [0.05, 0.1) is 13.2 Å². The van der Waals surface area contributed by atoms with Crippen LogP contribution in [0.1, 0.15) is 12.5 Å². The highest BCUT2D eigenvalue weighted by molar-refractivity contribution is 5.81. The number of hydrogen-bond acceptors (Lipinski definition) is 13. The quantitative estimate of drug-likeness (QED) is 0.177. The van der Waals surface area contributed by atoms with Crippen LogP contribution >= 0.6 is 0 Å². The Morgan fingerprint density at radius 3 is 2.26 bits per heavy atom. The van der Waals surface area contributed by atoms with E-state index in [4.69, 9.17) is 23.4 Å². The zero-order chi connectivity index (χ0) is 27.7. The second-order valence-electron chi connectivity index (χ2n) is 9.26. The van der Waals surface area contributed by atoms with Crippen LogP contribution in [0.5, 0.6) is 5.75 Å². The summed E-state index contributed by atoms with van der Waals surface area (Å²) in [6.45, 7) is 1.54. The fraction of sp³-hybridized carbons (Fsp3) is 0.583. The van der Waals surface area contributed by atoms with Crippen molar-refractivity contribution in [3.8, 4) is 5.75 Å². The zero-order valence-electron chi connectivity index (χ0n) is 20.5. The minimum absolute atomic E-state index is 0.159. The molecule has 1 aromatic heterocycles. The van der Waals surface area contributed by atoms with E-state index < -0.39 is 86.1 Å². The van der Waals surface area contributed by atoms with Crippen molar-refractivity contribution in [1.82, 2.24) is 5.32 Å². The number of aliphatic hydroxyl groups is 6. The van der Waals surface area contributed by atoms with Gasteiger partial charge in [-0.3, -0.25) is 4.79 Å². The summed E-state index contributed by atoms with van der Waals surface area (Å²) in [7, 11) is 0. The molecule has 2 saturated heterocycles. The summed E-state index contributed by atoms with van der Waals surface area (Å²) < 4.78 is 28.0. The van der Waals surface area contributed by atoms with Gasteiger partial charge in [0.25, 0.3) is 0 Å². The van der Waals surface area contributed by atoms with E-state index in [2.05, 4.69) is 5.32 Å². The monoisotopic (exact) mass is 541 g/mol. The molecule has 0 spiro atoms. The van der Waals surface area contributed by atoms with E-state index in [1.165, 1.54) is 19.1 Å². The number of amides is 1. The van der Waals surface area contributed by atoms with Gasteiger partial charge in [-0.25, -0.2) is 4.79 Å². The van der Waals surface area contributed by atoms with Crippen molar-refractivity contribution < 1.29 is 58.8 Å². The summed E-state index contributed by atoms with van der Waals surface area (Å²) in [6.07, 6.45) is -13.8. The molecule has 2 aliphatic rings. The Hall–Kier alpha value is -2.66. The van der Waals surface area contributed by atoms with E-state index in [9.17, 15) is 40.2 Å². The average molecular weight is 542 g/mol. The van der Waals surface area contributed by atoms with Gasteiger partial charge in [0.1, 0.15) is 60.1 Å². The van der Waals surface area contributed by atoms with Crippen LogP contribution < -0.4 is 15.7 Å². The summed E-state index contributed by atoms with van der Waals surface area (Å²) in [5.74, 6) is -0.407. The summed E-state index contributed by atoms with van der Waals surface area (Å²) >= 11 is 0. The van der Waals surface area contributed by atoms with E-state index in [0.717, 1.165) is 0 Å². The first-order valence-electron chi connectivity index (χ1n) is 11.9. The van der Waals surface area contributed by atoms with Gasteiger partial charge in [-0.2, -0.15) is 0 Å². The van der Waals surface area contributed by atoms with Gasteiger partial charge in [-0.15, -0.1) is 0 Å². The molecule has 4 rings (SSSR count). The van der Waals surface area contributed by atoms with Crippen LogP contribution in [-0.4, -0.2) is 111 Å². The normalized spacial score (nSPS) is 35.7. The van der Waals surface area contributed by atoms with Crippen molar-refractivity contribution in [2.75, 3.05) is 13.2 Å². The Balaban J connectivity index is 1.65. The van der Waals surface area contributed by atoms with E-state index in [0.29, 0.717) is 10.9 Å². The van der Waals surface area contributed by atoms with Gasteiger partial charge in [0.15, 0.2) is 6.29 Å². The molecule has 0 bridgehead atoms. The van der Waals surface area contributed by atoms with Gasteiger partial charge in [0, 0.05) is 24.4 Å². The molecule has 2 fully saturated rings. The molecule has 3 heterocycles. The Morgan fingerprint density at radius 2 is 1.61 bits per heavy atom. The van der Waals surface area contributed by atoms with Crippen LogP contribution in [0.4, 0.5) is 0 Å². The summed E-state index contributed by atoms with van der Waals surface area (Å²) in [5, 5.41) is 64.0. The van der Waals surface area contributed by atoms with Crippen molar-refractivity contribution >= 4 is 16.9 Å². The Labute approximate surface area is 215 Å². The Bertz CT molecular complexity index is 1190. The highest BCUT2D eigenvalue weighted by Crippen LogP contribution is 2.31. The second-order valence-corrected chi connectivity index (χ2v) is 9.26. The molecule has 0 radical (unpaired) electrons. The number of rotatable bonds is 7. The number of fused-ring (bicyclic) bond motifs is 1. The maximum atomic E-state index is 12.1. The predicted octanol–water partition coefficient (Wildman–Crippen LogP) is -2.75. The van der Waals surface area contributed by atoms with Crippen molar-refractivity contribution in [2.45, 2.75) is 75.2 Å². The lowest BCUT2D eigenvalue weighted by molar-refractivity contribution is -0.339. The molecular weight excluding hydrogens is 510 g/mol. The van der Waals surface area contributed by atoms with Crippen molar-refractivity contribution in [3.63, 3.8) is 0 Å². The number of carbonyl (C=O) groups is 1. The largest absolute Gasteiger partial charge is 0.462 e. The molecule has 2 aliphatic heterocycles. The molecule has 0 aliphatic carbocycles. The standard InChI is InChI=1S/C24H31NO13/c1-9-5-16(29)35-13-6-11(3-4-12(9)13)34-23-17(25-10(2)28)22(19(31)15(8-27)36-23)38-24-21(33)20(32)18(30)14(7-26)37-24/h3-6,14-15,17-24,26-27,30-33H,7-8H2,1-2H3,(H,25,28)/t14-,15-,17-,18+,19-,20+,21-,22-,23-,24+/m1/s1. The third-order valence-corrected chi connectivity index (χ3v) is 6.54. The minimum atomic E-state index is -1.79. The topological polar surface area (TPSA) is 218 Å². The lowest BCUT2D eigenvalue weighted by atomic mass is 9.95. The lowest BCUT2D eigenvalue weighted by Crippen LogP contribution is -2.68. The first-order valence-corrected chi connectivity index (χ1v) is 11.9. The van der Waals surface area contributed by atoms with E-state index in [1.54, 1.807) is 19.1 Å². The molecule has 1 aromatic carbocycles. The molecular formula is C24H31NO13. The maximum Gasteiger partial charge on any atom is 0.336 e. The van der Waals surface area contributed by atoms with Crippen LogP contribution in [0.2, 0.25) is 0 Å². The number of nitrogens with one attached hydrogen (secondary N) is 1. The van der Waals surface area contributed by atoms with Gasteiger partial charge in [0.2, 0.25) is 12.2 Å². The Kier molecular flexibility index (Phi) is 8.66. The van der Waals surface area contributed by atoms with Crippen molar-refractivity contribution in [1.29, 1.82) is 0 Å². The molecule has 7 N–H and O–H groups in total. The van der Waals surface area contributed by atoms with Crippen LogP contribution in [0.25, 0.3) is 11.0 Å². The van der Waals surface area contributed by atoms with Gasteiger partial charge < -0.3 is 59.3 Å². The zero-order valence-corrected chi connectivity index (χ0v) is 20.5. The predicted molar refractivity (Wildman–Crippen MR) is 126 cm³/mol. The van der Waals surface area contributed by atoms with Crippen molar-refractivity contribution in [2.24, 2.45) is 0 Å². The van der Waals surface area contributed by atoms with Crippen molar-refractivity contribution in [3.05, 3.63) is 40.2 Å². The molecule has 0 unspecified atom stereocenters. The highest BCUT2D eigenvalue weighted by Gasteiger charge is 2.52.